The van der Waals surface area contributed by atoms with E-state index in [9.17, 15) is 9.18 Å². The summed E-state index contributed by atoms with van der Waals surface area (Å²) in [6, 6.07) is 4.63. The molecule has 1 aromatic carbocycles. The summed E-state index contributed by atoms with van der Waals surface area (Å²) in [7, 11) is 0. The molecule has 104 valence electrons. The SMILES string of the molecule is CCOC(=O)/C=C/CNc1ccc(OCC)c(F)c1. The standard InChI is InChI=1S/C14H18FNO3/c1-3-18-13-8-7-11(10-12(13)15)16-9-5-6-14(17)19-4-2/h5-8,10,16H,3-4,9H2,1-2H3/b6-5+. The monoisotopic (exact) mass is 267 g/mol. The average molecular weight is 267 g/mol. The van der Waals surface area contributed by atoms with Gasteiger partial charge in [0.2, 0.25) is 0 Å². The van der Waals surface area contributed by atoms with Crippen LogP contribution in [0.2, 0.25) is 0 Å². The average Bonchev–Trinajstić information content (AvgIpc) is 2.38. The molecule has 1 N–H and O–H groups in total. The Morgan fingerprint density at radius 2 is 2.16 bits per heavy atom. The third-order valence-electron chi connectivity index (χ3n) is 2.20. The number of anilines is 1. The van der Waals surface area contributed by atoms with Crippen LogP contribution in [0, 0.1) is 5.82 Å². The Labute approximate surface area is 112 Å². The predicted molar refractivity (Wildman–Crippen MR) is 71.8 cm³/mol. The first-order valence-electron chi connectivity index (χ1n) is 6.16. The molecule has 19 heavy (non-hydrogen) atoms. The molecule has 0 heterocycles. The Bertz CT molecular complexity index is 446. The molecule has 1 aromatic rings. The van der Waals surface area contributed by atoms with Crippen molar-refractivity contribution < 1.29 is 18.7 Å². The summed E-state index contributed by atoms with van der Waals surface area (Å²) in [5, 5.41) is 2.96. The summed E-state index contributed by atoms with van der Waals surface area (Å²) in [6.07, 6.45) is 2.95. The number of carbonyl (C=O) groups is 1. The lowest BCUT2D eigenvalue weighted by atomic mass is 10.3. The zero-order chi connectivity index (χ0) is 14.1. The van der Waals surface area contributed by atoms with Crippen LogP contribution < -0.4 is 10.1 Å². The van der Waals surface area contributed by atoms with E-state index in [1.807, 2.05) is 0 Å². The maximum atomic E-state index is 13.5. The number of ether oxygens (including phenoxy) is 2. The summed E-state index contributed by atoms with van der Waals surface area (Å²) in [6.45, 7) is 4.72. The smallest absolute Gasteiger partial charge is 0.330 e. The third-order valence-corrected chi connectivity index (χ3v) is 2.20. The van der Waals surface area contributed by atoms with Crippen molar-refractivity contribution in [3.63, 3.8) is 0 Å². The summed E-state index contributed by atoms with van der Waals surface area (Å²) in [5.41, 5.74) is 0.620. The molecular formula is C14H18FNO3. The van der Waals surface area contributed by atoms with Gasteiger partial charge in [-0.05, 0) is 26.0 Å². The van der Waals surface area contributed by atoms with Crippen LogP contribution in [0.5, 0.6) is 5.75 Å². The van der Waals surface area contributed by atoms with E-state index in [2.05, 4.69) is 5.32 Å². The number of nitrogens with one attached hydrogen (secondary N) is 1. The topological polar surface area (TPSA) is 47.6 Å². The number of hydrogen-bond acceptors (Lipinski definition) is 4. The van der Waals surface area contributed by atoms with E-state index in [0.717, 1.165) is 0 Å². The van der Waals surface area contributed by atoms with E-state index in [4.69, 9.17) is 9.47 Å². The second kappa shape index (κ2) is 8.13. The highest BCUT2D eigenvalue weighted by molar-refractivity contribution is 5.81. The number of carbonyl (C=O) groups excluding carboxylic acids is 1. The second-order valence-electron chi connectivity index (χ2n) is 3.61. The fourth-order valence-electron chi connectivity index (χ4n) is 1.41. The molecule has 0 saturated heterocycles. The van der Waals surface area contributed by atoms with Gasteiger partial charge in [-0.2, -0.15) is 0 Å². The molecule has 0 aliphatic heterocycles. The zero-order valence-corrected chi connectivity index (χ0v) is 11.1. The lowest BCUT2D eigenvalue weighted by Gasteiger charge is -2.07. The van der Waals surface area contributed by atoms with Crippen molar-refractivity contribution in [2.24, 2.45) is 0 Å². The van der Waals surface area contributed by atoms with Gasteiger partial charge in [0.1, 0.15) is 0 Å². The van der Waals surface area contributed by atoms with Gasteiger partial charge in [0.05, 0.1) is 13.2 Å². The van der Waals surface area contributed by atoms with Crippen LogP contribution in [0.25, 0.3) is 0 Å². The molecule has 0 bridgehead atoms. The third kappa shape index (κ3) is 5.42. The number of hydrogen-bond donors (Lipinski definition) is 1. The molecule has 4 nitrogen and oxygen atoms in total. The molecule has 0 spiro atoms. The molecule has 0 amide bonds. The maximum absolute atomic E-state index is 13.5. The highest BCUT2D eigenvalue weighted by Crippen LogP contribution is 2.20. The number of halogens is 1. The van der Waals surface area contributed by atoms with Crippen molar-refractivity contribution in [3.8, 4) is 5.75 Å². The number of rotatable bonds is 7. The molecule has 0 saturated carbocycles. The Morgan fingerprint density at radius 3 is 2.79 bits per heavy atom. The van der Waals surface area contributed by atoms with Gasteiger partial charge in [0.25, 0.3) is 0 Å². The summed E-state index contributed by atoms with van der Waals surface area (Å²) in [5.74, 6) is -0.571. The van der Waals surface area contributed by atoms with Crippen LogP contribution in [-0.4, -0.2) is 25.7 Å². The highest BCUT2D eigenvalue weighted by Gasteiger charge is 2.03. The van der Waals surface area contributed by atoms with Crippen LogP contribution >= 0.6 is 0 Å². The first-order chi connectivity index (χ1) is 9.17. The van der Waals surface area contributed by atoms with Gasteiger partial charge < -0.3 is 14.8 Å². The van der Waals surface area contributed by atoms with E-state index >= 15 is 0 Å². The molecule has 0 fully saturated rings. The van der Waals surface area contributed by atoms with Gasteiger partial charge in [-0.3, -0.25) is 0 Å². The van der Waals surface area contributed by atoms with Gasteiger partial charge in [0.15, 0.2) is 11.6 Å². The summed E-state index contributed by atoms with van der Waals surface area (Å²) < 4.78 is 23.3. The molecule has 0 aliphatic carbocycles. The molecule has 0 unspecified atom stereocenters. The molecule has 0 radical (unpaired) electrons. The van der Waals surface area contributed by atoms with Gasteiger partial charge in [-0.1, -0.05) is 6.08 Å². The Hall–Kier alpha value is -2.04. The van der Waals surface area contributed by atoms with Crippen molar-refractivity contribution in [2.75, 3.05) is 25.1 Å². The van der Waals surface area contributed by atoms with E-state index < -0.39 is 5.82 Å². The van der Waals surface area contributed by atoms with Gasteiger partial charge in [-0.15, -0.1) is 0 Å². The van der Waals surface area contributed by atoms with Crippen molar-refractivity contribution >= 4 is 11.7 Å². The second-order valence-corrected chi connectivity index (χ2v) is 3.61. The normalized spacial score (nSPS) is 10.5. The number of benzene rings is 1. The quantitative estimate of drug-likeness (QED) is 0.609. The van der Waals surface area contributed by atoms with Crippen molar-refractivity contribution in [1.82, 2.24) is 0 Å². The van der Waals surface area contributed by atoms with Gasteiger partial charge in [-0.25, -0.2) is 9.18 Å². The van der Waals surface area contributed by atoms with Crippen LogP contribution in [0.15, 0.2) is 30.4 Å². The van der Waals surface area contributed by atoms with E-state index in [0.29, 0.717) is 25.4 Å². The Balaban J connectivity index is 2.45. The minimum Gasteiger partial charge on any atom is -0.491 e. The van der Waals surface area contributed by atoms with Crippen LogP contribution in [0.3, 0.4) is 0 Å². The molecule has 5 heteroatoms. The van der Waals surface area contributed by atoms with Crippen molar-refractivity contribution in [3.05, 3.63) is 36.2 Å². The first kappa shape index (κ1) is 15.0. The largest absolute Gasteiger partial charge is 0.491 e. The fourth-order valence-corrected chi connectivity index (χ4v) is 1.41. The molecule has 1 rings (SSSR count). The van der Waals surface area contributed by atoms with Crippen LogP contribution in [0.1, 0.15) is 13.8 Å². The first-order valence-corrected chi connectivity index (χ1v) is 6.16. The lowest BCUT2D eigenvalue weighted by Crippen LogP contribution is -2.03. The summed E-state index contributed by atoms with van der Waals surface area (Å²) in [4.78, 5) is 11.0. The molecule has 0 atom stereocenters. The number of esters is 1. The van der Waals surface area contributed by atoms with E-state index in [1.54, 1.807) is 32.1 Å². The lowest BCUT2D eigenvalue weighted by molar-refractivity contribution is -0.137. The Morgan fingerprint density at radius 1 is 1.37 bits per heavy atom. The van der Waals surface area contributed by atoms with E-state index in [1.165, 1.54) is 12.1 Å². The predicted octanol–water partition coefficient (Wildman–Crippen LogP) is 2.76. The molecular weight excluding hydrogens is 249 g/mol. The van der Waals surface area contributed by atoms with E-state index in [-0.39, 0.29) is 11.7 Å². The van der Waals surface area contributed by atoms with Crippen LogP contribution in [-0.2, 0) is 9.53 Å². The highest BCUT2D eigenvalue weighted by atomic mass is 19.1. The summed E-state index contributed by atoms with van der Waals surface area (Å²) >= 11 is 0. The van der Waals surface area contributed by atoms with Crippen molar-refractivity contribution in [1.29, 1.82) is 0 Å². The molecule has 0 aromatic heterocycles. The van der Waals surface area contributed by atoms with Gasteiger partial charge in [0, 0.05) is 24.4 Å². The van der Waals surface area contributed by atoms with Gasteiger partial charge >= 0.3 is 5.97 Å². The zero-order valence-electron chi connectivity index (χ0n) is 11.1. The Kier molecular flexibility index (Phi) is 6.43. The van der Waals surface area contributed by atoms with Crippen LogP contribution in [0.4, 0.5) is 10.1 Å². The maximum Gasteiger partial charge on any atom is 0.330 e. The minimum atomic E-state index is -0.416. The fraction of sp³-hybridized carbons (Fsp3) is 0.357. The minimum absolute atomic E-state index is 0.232. The van der Waals surface area contributed by atoms with Crippen molar-refractivity contribution in [2.45, 2.75) is 13.8 Å². The molecule has 0 aliphatic rings.